The number of aromatic nitrogens is 1. The Morgan fingerprint density at radius 2 is 2.33 bits per heavy atom. The van der Waals surface area contributed by atoms with Crippen LogP contribution in [0.5, 0.6) is 0 Å². The van der Waals surface area contributed by atoms with Crippen LogP contribution in [0, 0.1) is 0 Å². The van der Waals surface area contributed by atoms with Crippen molar-refractivity contribution in [3.05, 3.63) is 31.4 Å². The molecule has 21 heavy (non-hydrogen) atoms. The number of hydrogen-bond acceptors (Lipinski definition) is 5. The van der Waals surface area contributed by atoms with Crippen LogP contribution >= 0.6 is 38.6 Å². The van der Waals surface area contributed by atoms with E-state index in [1.54, 1.807) is 11.3 Å². The Morgan fingerprint density at radius 3 is 3.05 bits per heavy atom. The highest BCUT2D eigenvalue weighted by Crippen LogP contribution is 2.29. The lowest BCUT2D eigenvalue weighted by atomic mass is 10.2. The average Bonchev–Trinajstić information content (AvgIpc) is 3.04. The lowest BCUT2D eigenvalue weighted by Gasteiger charge is -2.24. The first-order valence-electron chi connectivity index (χ1n) is 6.93. The third kappa shape index (κ3) is 3.53. The highest BCUT2D eigenvalue weighted by atomic mass is 79.9. The lowest BCUT2D eigenvalue weighted by Crippen LogP contribution is -2.30. The van der Waals surface area contributed by atoms with Gasteiger partial charge < -0.3 is 0 Å². The maximum absolute atomic E-state index is 12.1. The maximum Gasteiger partial charge on any atom is 0.267 e. The minimum Gasteiger partial charge on any atom is -0.298 e. The zero-order valence-electron chi connectivity index (χ0n) is 11.7. The third-order valence-corrected chi connectivity index (χ3v) is 5.99. The van der Waals surface area contributed by atoms with Crippen LogP contribution in [-0.4, -0.2) is 28.9 Å². The quantitative estimate of drug-likeness (QED) is 0.865. The number of carbonyl (C=O) groups is 1. The van der Waals surface area contributed by atoms with Gasteiger partial charge in [0.05, 0.1) is 14.4 Å². The Labute approximate surface area is 140 Å². The predicted octanol–water partition coefficient (Wildman–Crippen LogP) is 3.99. The second-order valence-corrected chi connectivity index (χ2v) is 8.52. The number of rotatable bonds is 4. The van der Waals surface area contributed by atoms with Crippen molar-refractivity contribution in [3.8, 4) is 0 Å². The van der Waals surface area contributed by atoms with Crippen molar-refractivity contribution in [3.63, 3.8) is 0 Å². The number of thiazole rings is 1. The molecule has 3 heterocycles. The van der Waals surface area contributed by atoms with Gasteiger partial charge in [0.25, 0.3) is 5.91 Å². The Kier molecular flexibility index (Phi) is 4.73. The molecule has 112 valence electrons. The van der Waals surface area contributed by atoms with Crippen molar-refractivity contribution < 1.29 is 4.79 Å². The van der Waals surface area contributed by atoms with E-state index in [2.05, 4.69) is 38.1 Å². The average molecular weight is 386 g/mol. The number of thiophene rings is 1. The molecule has 1 aliphatic heterocycles. The van der Waals surface area contributed by atoms with Gasteiger partial charge in [-0.05, 0) is 41.0 Å². The number of halogens is 1. The highest BCUT2D eigenvalue weighted by Gasteiger charge is 2.21. The fraction of sp³-hybridized carbons (Fsp3) is 0.429. The van der Waals surface area contributed by atoms with Crippen molar-refractivity contribution in [2.24, 2.45) is 0 Å². The normalized spacial score (nSPS) is 15.0. The summed E-state index contributed by atoms with van der Waals surface area (Å²) in [7, 11) is 0. The van der Waals surface area contributed by atoms with Crippen LogP contribution in [0.3, 0.4) is 0 Å². The van der Waals surface area contributed by atoms with Crippen LogP contribution in [0.15, 0.2) is 15.9 Å². The van der Waals surface area contributed by atoms with Gasteiger partial charge in [-0.2, -0.15) is 0 Å². The smallest absolute Gasteiger partial charge is 0.267 e. The Morgan fingerprint density at radius 1 is 1.48 bits per heavy atom. The first-order chi connectivity index (χ1) is 10.2. The van der Waals surface area contributed by atoms with Gasteiger partial charge in [-0.25, -0.2) is 4.98 Å². The molecule has 7 heteroatoms. The fourth-order valence-corrected chi connectivity index (χ4v) is 4.73. The van der Waals surface area contributed by atoms with Gasteiger partial charge in [-0.15, -0.1) is 22.7 Å². The van der Waals surface area contributed by atoms with Crippen LogP contribution < -0.4 is 5.32 Å². The molecule has 0 bridgehead atoms. The van der Waals surface area contributed by atoms with Gasteiger partial charge in [0, 0.05) is 24.4 Å². The highest BCUT2D eigenvalue weighted by molar-refractivity contribution is 9.11. The Hall–Kier alpha value is -0.760. The molecule has 0 spiro atoms. The summed E-state index contributed by atoms with van der Waals surface area (Å²) in [6.45, 7) is 5.35. The number of carbonyl (C=O) groups excluding carboxylic acids is 1. The van der Waals surface area contributed by atoms with E-state index in [-0.39, 0.29) is 5.91 Å². The number of anilines is 1. The summed E-state index contributed by atoms with van der Waals surface area (Å²) in [6.07, 6.45) is 2.15. The Bertz CT molecular complexity index is 652. The molecule has 0 atom stereocenters. The summed E-state index contributed by atoms with van der Waals surface area (Å²) in [4.78, 5) is 21.1. The molecule has 2 aromatic heterocycles. The van der Waals surface area contributed by atoms with E-state index in [9.17, 15) is 4.79 Å². The monoisotopic (exact) mass is 385 g/mol. The van der Waals surface area contributed by atoms with Crippen LogP contribution in [-0.2, 0) is 13.0 Å². The second kappa shape index (κ2) is 6.56. The molecule has 3 rings (SSSR count). The fourth-order valence-electron chi connectivity index (χ4n) is 2.40. The SMILES string of the molecule is CCCN1CCc2nc(NC(=O)c3ccc(Br)s3)sc2C1. The first-order valence-corrected chi connectivity index (χ1v) is 9.36. The van der Waals surface area contributed by atoms with Crippen LogP contribution in [0.2, 0.25) is 0 Å². The summed E-state index contributed by atoms with van der Waals surface area (Å²) < 4.78 is 0.960. The van der Waals surface area contributed by atoms with E-state index in [1.807, 2.05) is 12.1 Å². The van der Waals surface area contributed by atoms with Crippen molar-refractivity contribution in [2.45, 2.75) is 26.3 Å². The van der Waals surface area contributed by atoms with E-state index in [1.165, 1.54) is 22.6 Å². The predicted molar refractivity (Wildman–Crippen MR) is 91.4 cm³/mol. The zero-order valence-corrected chi connectivity index (χ0v) is 14.9. The standard InChI is InChI=1S/C14H16BrN3OS2/c1-2-6-18-7-5-9-11(8-18)21-14(16-9)17-13(19)10-3-4-12(15)20-10/h3-4H,2,5-8H2,1H3,(H,16,17,19). The summed E-state index contributed by atoms with van der Waals surface area (Å²) in [5.41, 5.74) is 1.15. The van der Waals surface area contributed by atoms with Crippen molar-refractivity contribution in [1.82, 2.24) is 9.88 Å². The largest absolute Gasteiger partial charge is 0.298 e. The van der Waals surface area contributed by atoms with E-state index < -0.39 is 0 Å². The van der Waals surface area contributed by atoms with Gasteiger partial charge in [0.15, 0.2) is 5.13 Å². The zero-order chi connectivity index (χ0) is 14.8. The Balaban J connectivity index is 1.69. The van der Waals surface area contributed by atoms with Gasteiger partial charge >= 0.3 is 0 Å². The van der Waals surface area contributed by atoms with Crippen LogP contribution in [0.1, 0.15) is 33.6 Å². The number of nitrogens with zero attached hydrogens (tertiary/aromatic N) is 2. The number of fused-ring (bicyclic) bond motifs is 1. The summed E-state index contributed by atoms with van der Waals surface area (Å²) >= 11 is 6.41. The second-order valence-electron chi connectivity index (χ2n) is 4.97. The topological polar surface area (TPSA) is 45.2 Å². The minimum absolute atomic E-state index is 0.0813. The van der Waals surface area contributed by atoms with E-state index in [4.69, 9.17) is 0 Å². The summed E-state index contributed by atoms with van der Waals surface area (Å²) in [5.74, 6) is -0.0813. The molecule has 1 aliphatic rings. The molecule has 1 amide bonds. The van der Waals surface area contributed by atoms with Gasteiger partial charge in [-0.3, -0.25) is 15.0 Å². The number of amides is 1. The lowest BCUT2D eigenvalue weighted by molar-refractivity contribution is 0.103. The summed E-state index contributed by atoms with van der Waals surface area (Å²) in [5, 5.41) is 3.63. The van der Waals surface area contributed by atoms with Crippen LogP contribution in [0.25, 0.3) is 0 Å². The van der Waals surface area contributed by atoms with E-state index in [0.717, 1.165) is 35.5 Å². The molecular formula is C14H16BrN3OS2. The van der Waals surface area contributed by atoms with Gasteiger partial charge in [0.1, 0.15) is 0 Å². The number of nitrogens with one attached hydrogen (secondary N) is 1. The molecule has 0 saturated heterocycles. The van der Waals surface area contributed by atoms with Gasteiger partial charge in [-0.1, -0.05) is 6.92 Å². The van der Waals surface area contributed by atoms with Crippen molar-refractivity contribution in [2.75, 3.05) is 18.4 Å². The molecule has 0 aromatic carbocycles. The molecule has 4 nitrogen and oxygen atoms in total. The molecule has 0 fully saturated rings. The molecule has 2 aromatic rings. The molecule has 1 N–H and O–H groups in total. The molecule has 0 unspecified atom stereocenters. The van der Waals surface area contributed by atoms with Crippen molar-refractivity contribution >= 4 is 49.6 Å². The van der Waals surface area contributed by atoms with Crippen LogP contribution in [0.4, 0.5) is 5.13 Å². The molecular weight excluding hydrogens is 370 g/mol. The molecule has 0 radical (unpaired) electrons. The maximum atomic E-state index is 12.1. The summed E-state index contributed by atoms with van der Waals surface area (Å²) in [6, 6.07) is 3.70. The first kappa shape index (κ1) is 15.1. The number of hydrogen-bond donors (Lipinski definition) is 1. The van der Waals surface area contributed by atoms with Gasteiger partial charge in [0.2, 0.25) is 0 Å². The third-order valence-electron chi connectivity index (χ3n) is 3.37. The van der Waals surface area contributed by atoms with E-state index >= 15 is 0 Å². The minimum atomic E-state index is -0.0813. The van der Waals surface area contributed by atoms with E-state index in [0.29, 0.717) is 10.0 Å². The van der Waals surface area contributed by atoms with Crippen molar-refractivity contribution in [1.29, 1.82) is 0 Å². The molecule has 0 aliphatic carbocycles. The molecule has 0 saturated carbocycles.